The third kappa shape index (κ3) is 9.87. The lowest BCUT2D eigenvalue weighted by molar-refractivity contribution is -0.128. The number of sulfonamides is 1. The van der Waals surface area contributed by atoms with Gasteiger partial charge in [0.15, 0.2) is 0 Å². The van der Waals surface area contributed by atoms with E-state index in [0.717, 1.165) is 16.3 Å². The number of amides is 3. The molecule has 49 heavy (non-hydrogen) atoms. The van der Waals surface area contributed by atoms with Crippen LogP contribution in [-0.2, 0) is 27.8 Å². The van der Waals surface area contributed by atoms with Gasteiger partial charge < -0.3 is 25.4 Å². The van der Waals surface area contributed by atoms with E-state index in [1.54, 1.807) is 9.80 Å². The normalized spacial score (nSPS) is 16.4. The van der Waals surface area contributed by atoms with Crippen LogP contribution in [0.25, 0.3) is 0 Å². The van der Waals surface area contributed by atoms with Crippen LogP contribution in [0.2, 0.25) is 0 Å². The summed E-state index contributed by atoms with van der Waals surface area (Å²) in [6.45, 7) is 10.7. The van der Waals surface area contributed by atoms with Crippen molar-refractivity contribution in [3.8, 4) is 0 Å². The molecule has 1 aromatic heterocycles. The Balaban J connectivity index is 1.59. The molecule has 0 unspecified atom stereocenters. The van der Waals surface area contributed by atoms with Crippen molar-refractivity contribution in [2.45, 2.75) is 77.1 Å². The van der Waals surface area contributed by atoms with Crippen molar-refractivity contribution in [2.75, 3.05) is 26.2 Å². The third-order valence-corrected chi connectivity index (χ3v) is 11.4. The van der Waals surface area contributed by atoms with Crippen LogP contribution in [0.3, 0.4) is 0 Å². The van der Waals surface area contributed by atoms with E-state index in [2.05, 4.69) is 15.5 Å². The van der Waals surface area contributed by atoms with E-state index in [0.29, 0.717) is 31.6 Å². The number of benzene rings is 2. The number of urea groups is 1. The van der Waals surface area contributed by atoms with Crippen LogP contribution >= 0.6 is 11.3 Å². The number of nitrogens with one attached hydrogen (secondary N) is 1. The van der Waals surface area contributed by atoms with Gasteiger partial charge in [0.25, 0.3) is 0 Å². The largest absolute Gasteiger partial charge is 0.411 e. The van der Waals surface area contributed by atoms with E-state index in [9.17, 15) is 23.1 Å². The Morgan fingerprint density at radius 1 is 1.10 bits per heavy atom. The molecule has 12 nitrogen and oxygen atoms in total. The minimum Gasteiger partial charge on any atom is -0.411 e. The van der Waals surface area contributed by atoms with Gasteiger partial charge in [-0.3, -0.25) is 4.79 Å². The van der Waals surface area contributed by atoms with Gasteiger partial charge in [0.05, 0.1) is 40.5 Å². The number of oxime groups is 1. The van der Waals surface area contributed by atoms with Gasteiger partial charge in [-0.1, -0.05) is 81.7 Å². The van der Waals surface area contributed by atoms with Crippen LogP contribution in [0, 0.1) is 18.8 Å². The zero-order valence-corrected chi connectivity index (χ0v) is 30.4. The Hall–Kier alpha value is -3.85. The van der Waals surface area contributed by atoms with Crippen molar-refractivity contribution in [3.63, 3.8) is 0 Å². The molecule has 2 aromatic carbocycles. The molecule has 1 aliphatic heterocycles. The van der Waals surface area contributed by atoms with Crippen LogP contribution in [0.1, 0.15) is 55.9 Å². The average molecular weight is 713 g/mol. The maximum absolute atomic E-state index is 14.2. The quantitative estimate of drug-likeness (QED) is 0.107. The second-order valence-electron chi connectivity index (χ2n) is 13.0. The first-order valence-corrected chi connectivity index (χ1v) is 18.9. The average Bonchev–Trinajstić information content (AvgIpc) is 3.65. The first-order valence-electron chi connectivity index (χ1n) is 16.6. The van der Waals surface area contributed by atoms with Crippen LogP contribution in [-0.4, -0.2) is 100 Å². The van der Waals surface area contributed by atoms with E-state index >= 15 is 0 Å². The van der Waals surface area contributed by atoms with Crippen molar-refractivity contribution in [2.24, 2.45) is 17.0 Å². The standard InChI is InChI=1S/C35H48N6O6S2/c1-6-25(4)33(41-17-16-39(35(41)44)21-29-23-48-26(5)37-29)34(43)38-31(18-27-10-8-7-9-11-27)32(42)22-40(20-24(2)3)49(46,47)30-14-12-28(13-15-30)19-36-45/h7-15,19,23-25,31-33,42,45H,6,16-18,20-22H2,1-5H3,(H,38,43)/t25-,31-,32-,33-/m0/s1. The highest BCUT2D eigenvalue weighted by atomic mass is 32.2. The molecule has 3 N–H and O–H groups in total. The molecule has 0 bridgehead atoms. The summed E-state index contributed by atoms with van der Waals surface area (Å²) in [5.74, 6) is -0.637. The van der Waals surface area contributed by atoms with Crippen molar-refractivity contribution < 1.29 is 28.3 Å². The van der Waals surface area contributed by atoms with Gasteiger partial charge in [0, 0.05) is 31.6 Å². The zero-order valence-electron chi connectivity index (χ0n) is 28.8. The molecule has 3 aromatic rings. The number of thiazole rings is 1. The summed E-state index contributed by atoms with van der Waals surface area (Å²) in [6.07, 6.45) is 0.803. The fourth-order valence-corrected chi connectivity index (χ4v) is 8.21. The fraction of sp³-hybridized carbons (Fsp3) is 0.486. The van der Waals surface area contributed by atoms with E-state index < -0.39 is 34.1 Å². The van der Waals surface area contributed by atoms with E-state index in [1.807, 2.05) is 70.3 Å². The van der Waals surface area contributed by atoms with Gasteiger partial charge >= 0.3 is 6.03 Å². The lowest BCUT2D eigenvalue weighted by Gasteiger charge is -2.35. The van der Waals surface area contributed by atoms with Gasteiger partial charge in [0.1, 0.15) is 6.04 Å². The SMILES string of the molecule is CC[C@H](C)[C@@H](C(=O)N[C@@H](Cc1ccccc1)[C@@H](O)CN(CC(C)C)S(=O)(=O)c1ccc(C=NO)cc1)N1CCN(Cc2csc(C)n2)C1=O. The Labute approximate surface area is 293 Å². The number of hydrogen-bond donors (Lipinski definition) is 3. The zero-order chi connectivity index (χ0) is 35.7. The lowest BCUT2D eigenvalue weighted by atomic mass is 9.95. The molecule has 0 saturated carbocycles. The predicted octanol–water partition coefficient (Wildman–Crippen LogP) is 4.35. The number of nitrogens with zero attached hydrogens (tertiary/aromatic N) is 5. The molecule has 4 rings (SSSR count). The molecule has 266 valence electrons. The second kappa shape index (κ2) is 17.2. The minimum absolute atomic E-state index is 0.0285. The Bertz CT molecular complexity index is 1660. The summed E-state index contributed by atoms with van der Waals surface area (Å²) in [7, 11) is -4.05. The van der Waals surface area contributed by atoms with Crippen LogP contribution < -0.4 is 5.32 Å². The number of aromatic nitrogens is 1. The number of rotatable bonds is 17. The highest BCUT2D eigenvalue weighted by Gasteiger charge is 2.41. The molecule has 2 heterocycles. The summed E-state index contributed by atoms with van der Waals surface area (Å²) in [4.78, 5) is 35.7. The maximum atomic E-state index is 14.2. The molecule has 1 aliphatic rings. The number of aliphatic hydroxyl groups is 1. The summed E-state index contributed by atoms with van der Waals surface area (Å²) in [5.41, 5.74) is 2.19. The van der Waals surface area contributed by atoms with Crippen LogP contribution in [0.15, 0.2) is 70.0 Å². The minimum atomic E-state index is -4.05. The van der Waals surface area contributed by atoms with Gasteiger partial charge in [-0.15, -0.1) is 11.3 Å². The molecule has 1 fully saturated rings. The van der Waals surface area contributed by atoms with Gasteiger partial charge in [-0.05, 0) is 48.4 Å². The van der Waals surface area contributed by atoms with Crippen LogP contribution in [0.4, 0.5) is 4.79 Å². The maximum Gasteiger partial charge on any atom is 0.321 e. The van der Waals surface area contributed by atoms with Crippen molar-refractivity contribution >= 4 is 39.5 Å². The van der Waals surface area contributed by atoms with Gasteiger partial charge in [-0.2, -0.15) is 4.31 Å². The van der Waals surface area contributed by atoms with E-state index in [-0.39, 0.29) is 42.3 Å². The molecular formula is C35H48N6O6S2. The van der Waals surface area contributed by atoms with Crippen molar-refractivity contribution in [1.82, 2.24) is 24.4 Å². The Morgan fingerprint density at radius 2 is 1.80 bits per heavy atom. The number of carbonyl (C=O) groups is 2. The summed E-state index contributed by atoms with van der Waals surface area (Å²) >= 11 is 1.52. The second-order valence-corrected chi connectivity index (χ2v) is 16.0. The Morgan fingerprint density at radius 3 is 2.39 bits per heavy atom. The number of carbonyl (C=O) groups excluding carboxylic acids is 2. The van der Waals surface area contributed by atoms with Crippen molar-refractivity contribution in [1.29, 1.82) is 0 Å². The highest BCUT2D eigenvalue weighted by Crippen LogP contribution is 2.24. The van der Waals surface area contributed by atoms with Crippen molar-refractivity contribution in [3.05, 3.63) is 81.8 Å². The van der Waals surface area contributed by atoms with Gasteiger partial charge in [0.2, 0.25) is 15.9 Å². The molecule has 4 atom stereocenters. The molecule has 14 heteroatoms. The molecule has 0 spiro atoms. The number of aryl methyl sites for hydroxylation is 1. The first-order chi connectivity index (χ1) is 23.3. The highest BCUT2D eigenvalue weighted by molar-refractivity contribution is 7.89. The number of hydrogen-bond acceptors (Lipinski definition) is 9. The topological polar surface area (TPSA) is 156 Å². The van der Waals surface area contributed by atoms with E-state index in [4.69, 9.17) is 5.21 Å². The summed E-state index contributed by atoms with van der Waals surface area (Å²) in [5, 5.41) is 29.5. The molecule has 1 saturated heterocycles. The smallest absolute Gasteiger partial charge is 0.321 e. The Kier molecular flexibility index (Phi) is 13.3. The molecule has 0 aliphatic carbocycles. The molecule has 0 radical (unpaired) electrons. The van der Waals surface area contributed by atoms with E-state index in [1.165, 1.54) is 46.1 Å². The molecule has 3 amide bonds. The monoisotopic (exact) mass is 712 g/mol. The lowest BCUT2D eigenvalue weighted by Crippen LogP contribution is -2.57. The van der Waals surface area contributed by atoms with Gasteiger partial charge in [-0.25, -0.2) is 18.2 Å². The molecular weight excluding hydrogens is 665 g/mol. The summed E-state index contributed by atoms with van der Waals surface area (Å²) < 4.78 is 29.0. The third-order valence-electron chi connectivity index (χ3n) is 8.71. The fourth-order valence-electron chi connectivity index (χ4n) is 5.99. The predicted molar refractivity (Wildman–Crippen MR) is 190 cm³/mol. The summed E-state index contributed by atoms with van der Waals surface area (Å²) in [6, 6.07) is 13.4. The first kappa shape index (κ1) is 38.0. The van der Waals surface area contributed by atoms with Crippen LogP contribution in [0.5, 0.6) is 0 Å². The number of aliphatic hydroxyl groups excluding tert-OH is 1.